The molecule has 0 saturated carbocycles. The van der Waals surface area contributed by atoms with Gasteiger partial charge in [0.2, 0.25) is 5.88 Å². The number of carbonyl (C=O) groups excluding carboxylic acids is 1. The monoisotopic (exact) mass is 380 g/mol. The number of amides is 1. The zero-order chi connectivity index (χ0) is 19.7. The van der Waals surface area contributed by atoms with Gasteiger partial charge >= 0.3 is 0 Å². The van der Waals surface area contributed by atoms with E-state index in [0.717, 1.165) is 24.2 Å². The van der Waals surface area contributed by atoms with E-state index in [-0.39, 0.29) is 17.2 Å². The summed E-state index contributed by atoms with van der Waals surface area (Å²) < 4.78 is 5.80. The van der Waals surface area contributed by atoms with Gasteiger partial charge in [-0.25, -0.2) is 0 Å². The van der Waals surface area contributed by atoms with Gasteiger partial charge < -0.3 is 9.64 Å². The standard InChI is InChI=1S/C20H24N6O2/c1-20(2,3)17-6-7-18(24-23-17)28-12-13-8-9-26(11-13)19(27)14-4-5-15-16(10-14)22-25-21-15/h4-7,10,13H,8-9,11-12H2,1-3H3,(H,21,22,25). The van der Waals surface area contributed by atoms with E-state index in [9.17, 15) is 4.79 Å². The van der Waals surface area contributed by atoms with Crippen molar-refractivity contribution in [1.82, 2.24) is 30.5 Å². The Kier molecular flexibility index (Phi) is 4.70. The Labute approximate surface area is 163 Å². The number of nitrogens with zero attached hydrogens (tertiary/aromatic N) is 5. The SMILES string of the molecule is CC(C)(C)c1ccc(OCC2CCN(C(=O)c3ccc4n[nH]nc4c3)C2)nn1. The molecule has 8 heteroatoms. The van der Waals surface area contributed by atoms with Gasteiger partial charge in [-0.15, -0.1) is 5.10 Å². The summed E-state index contributed by atoms with van der Waals surface area (Å²) in [6.07, 6.45) is 0.908. The smallest absolute Gasteiger partial charge is 0.253 e. The van der Waals surface area contributed by atoms with Crippen LogP contribution in [0.3, 0.4) is 0 Å². The summed E-state index contributed by atoms with van der Waals surface area (Å²) in [7, 11) is 0. The van der Waals surface area contributed by atoms with E-state index in [1.165, 1.54) is 0 Å². The summed E-state index contributed by atoms with van der Waals surface area (Å²) in [5.41, 5.74) is 2.98. The molecule has 1 aromatic carbocycles. The fourth-order valence-electron chi connectivity index (χ4n) is 3.31. The lowest BCUT2D eigenvalue weighted by Gasteiger charge is -2.18. The number of aromatic nitrogens is 5. The number of ether oxygens (including phenoxy) is 1. The topological polar surface area (TPSA) is 96.9 Å². The molecule has 1 unspecified atom stereocenters. The molecule has 146 valence electrons. The van der Waals surface area contributed by atoms with Crippen molar-refractivity contribution in [1.29, 1.82) is 0 Å². The Morgan fingerprint density at radius 1 is 1.18 bits per heavy atom. The number of aromatic amines is 1. The number of rotatable bonds is 4. The van der Waals surface area contributed by atoms with Gasteiger partial charge in [-0.1, -0.05) is 20.8 Å². The Balaban J connectivity index is 1.33. The summed E-state index contributed by atoms with van der Waals surface area (Å²) >= 11 is 0. The second-order valence-corrected chi connectivity index (χ2v) is 8.25. The second kappa shape index (κ2) is 7.18. The molecule has 1 atom stereocenters. The van der Waals surface area contributed by atoms with Crippen LogP contribution in [0.25, 0.3) is 11.0 Å². The lowest BCUT2D eigenvalue weighted by molar-refractivity contribution is 0.0783. The largest absolute Gasteiger partial charge is 0.476 e. The highest BCUT2D eigenvalue weighted by Gasteiger charge is 2.28. The maximum absolute atomic E-state index is 12.8. The molecule has 3 heterocycles. The zero-order valence-electron chi connectivity index (χ0n) is 16.3. The van der Waals surface area contributed by atoms with Gasteiger partial charge in [-0.2, -0.15) is 20.5 Å². The molecule has 1 saturated heterocycles. The normalized spacial score (nSPS) is 17.2. The average Bonchev–Trinajstić information content (AvgIpc) is 3.34. The lowest BCUT2D eigenvalue weighted by atomic mass is 9.92. The lowest BCUT2D eigenvalue weighted by Crippen LogP contribution is -2.29. The molecule has 3 aromatic rings. The molecule has 28 heavy (non-hydrogen) atoms. The van der Waals surface area contributed by atoms with Crippen LogP contribution in [0.5, 0.6) is 5.88 Å². The Hall–Kier alpha value is -3.03. The third-order valence-electron chi connectivity index (χ3n) is 5.01. The highest BCUT2D eigenvalue weighted by molar-refractivity contribution is 5.97. The maximum Gasteiger partial charge on any atom is 0.253 e. The van der Waals surface area contributed by atoms with Crippen LogP contribution in [0, 0.1) is 5.92 Å². The van der Waals surface area contributed by atoms with Crippen molar-refractivity contribution in [2.75, 3.05) is 19.7 Å². The van der Waals surface area contributed by atoms with E-state index in [2.05, 4.69) is 46.4 Å². The fraction of sp³-hybridized carbons (Fsp3) is 0.450. The first-order valence-corrected chi connectivity index (χ1v) is 9.47. The molecule has 8 nitrogen and oxygen atoms in total. The number of fused-ring (bicyclic) bond motifs is 1. The van der Waals surface area contributed by atoms with E-state index >= 15 is 0 Å². The van der Waals surface area contributed by atoms with E-state index in [0.29, 0.717) is 30.1 Å². The highest BCUT2D eigenvalue weighted by Crippen LogP contribution is 2.23. The van der Waals surface area contributed by atoms with Gasteiger partial charge in [0.1, 0.15) is 11.0 Å². The molecule has 0 spiro atoms. The van der Waals surface area contributed by atoms with E-state index in [1.807, 2.05) is 23.1 Å². The van der Waals surface area contributed by atoms with Crippen LogP contribution in [-0.2, 0) is 5.41 Å². The van der Waals surface area contributed by atoms with Crippen molar-refractivity contribution >= 4 is 16.9 Å². The number of hydrogen-bond acceptors (Lipinski definition) is 6. The van der Waals surface area contributed by atoms with Crippen LogP contribution in [0.4, 0.5) is 0 Å². The predicted molar refractivity (Wildman–Crippen MR) is 104 cm³/mol. The highest BCUT2D eigenvalue weighted by atomic mass is 16.5. The second-order valence-electron chi connectivity index (χ2n) is 8.25. The van der Waals surface area contributed by atoms with Crippen LogP contribution in [0.1, 0.15) is 43.2 Å². The van der Waals surface area contributed by atoms with Crippen molar-refractivity contribution in [3.63, 3.8) is 0 Å². The number of hydrogen-bond donors (Lipinski definition) is 1. The minimum Gasteiger partial charge on any atom is -0.476 e. The van der Waals surface area contributed by atoms with Gasteiger partial charge in [-0.3, -0.25) is 4.79 Å². The number of H-pyrrole nitrogens is 1. The zero-order valence-corrected chi connectivity index (χ0v) is 16.3. The molecule has 4 rings (SSSR count). The summed E-state index contributed by atoms with van der Waals surface area (Å²) in [5.74, 6) is 0.819. The van der Waals surface area contributed by atoms with Crippen molar-refractivity contribution < 1.29 is 9.53 Å². The average molecular weight is 380 g/mol. The molecule has 0 bridgehead atoms. The van der Waals surface area contributed by atoms with Crippen molar-refractivity contribution in [3.8, 4) is 5.88 Å². The number of benzene rings is 1. The molecule has 2 aromatic heterocycles. The van der Waals surface area contributed by atoms with Crippen molar-refractivity contribution in [2.24, 2.45) is 5.92 Å². The Morgan fingerprint density at radius 3 is 2.75 bits per heavy atom. The first-order chi connectivity index (χ1) is 13.4. The molecular formula is C20H24N6O2. The van der Waals surface area contributed by atoms with Crippen molar-refractivity contribution in [2.45, 2.75) is 32.6 Å². The Morgan fingerprint density at radius 2 is 2.00 bits per heavy atom. The molecular weight excluding hydrogens is 356 g/mol. The summed E-state index contributed by atoms with van der Waals surface area (Å²) in [6, 6.07) is 9.19. The first kappa shape index (κ1) is 18.3. The van der Waals surface area contributed by atoms with Crippen LogP contribution >= 0.6 is 0 Å². The van der Waals surface area contributed by atoms with Crippen LogP contribution in [0.2, 0.25) is 0 Å². The molecule has 1 fully saturated rings. The predicted octanol–water partition coefficient (Wildman–Crippen LogP) is 2.59. The molecule has 1 aliphatic heterocycles. The van der Waals surface area contributed by atoms with Crippen molar-refractivity contribution in [3.05, 3.63) is 41.6 Å². The fourth-order valence-corrected chi connectivity index (χ4v) is 3.31. The van der Waals surface area contributed by atoms with Crippen LogP contribution < -0.4 is 4.74 Å². The van der Waals surface area contributed by atoms with Gasteiger partial charge in [0.15, 0.2) is 0 Å². The quantitative estimate of drug-likeness (QED) is 0.747. The third kappa shape index (κ3) is 3.81. The van der Waals surface area contributed by atoms with E-state index in [1.54, 1.807) is 12.1 Å². The molecule has 1 N–H and O–H groups in total. The number of carbonyl (C=O) groups is 1. The minimum atomic E-state index is -0.0349. The number of nitrogens with one attached hydrogen (secondary N) is 1. The van der Waals surface area contributed by atoms with E-state index < -0.39 is 0 Å². The van der Waals surface area contributed by atoms with Crippen LogP contribution in [-0.4, -0.2) is 56.1 Å². The molecule has 0 radical (unpaired) electrons. The van der Waals surface area contributed by atoms with Gasteiger partial charge in [0.25, 0.3) is 5.91 Å². The summed E-state index contributed by atoms with van der Waals surface area (Å²) in [4.78, 5) is 14.6. The molecule has 0 aliphatic carbocycles. The molecule has 1 aliphatic rings. The van der Waals surface area contributed by atoms with Gasteiger partial charge in [0, 0.05) is 36.1 Å². The third-order valence-corrected chi connectivity index (χ3v) is 5.01. The van der Waals surface area contributed by atoms with Gasteiger partial charge in [-0.05, 0) is 30.7 Å². The first-order valence-electron chi connectivity index (χ1n) is 9.47. The number of likely N-dealkylation sites (tertiary alicyclic amines) is 1. The molecule has 1 amide bonds. The Bertz CT molecular complexity index is 976. The summed E-state index contributed by atoms with van der Waals surface area (Å²) in [5, 5.41) is 19.0. The van der Waals surface area contributed by atoms with Crippen LogP contribution in [0.15, 0.2) is 30.3 Å². The van der Waals surface area contributed by atoms with E-state index in [4.69, 9.17) is 4.74 Å². The van der Waals surface area contributed by atoms with Gasteiger partial charge in [0.05, 0.1) is 12.3 Å². The maximum atomic E-state index is 12.8. The summed E-state index contributed by atoms with van der Waals surface area (Å²) in [6.45, 7) is 8.21. The minimum absolute atomic E-state index is 0.0155.